The molecule has 1 aliphatic rings. The zero-order chi connectivity index (χ0) is 20.5. The van der Waals surface area contributed by atoms with Crippen LogP contribution in [0.4, 0.5) is 5.69 Å². The molecule has 1 aliphatic heterocycles. The van der Waals surface area contributed by atoms with Crippen LogP contribution in [0.1, 0.15) is 62.9 Å². The van der Waals surface area contributed by atoms with Crippen LogP contribution in [0.5, 0.6) is 5.75 Å². The summed E-state index contributed by atoms with van der Waals surface area (Å²) in [5.74, 6) is 1.07. The number of fused-ring (bicyclic) bond motifs is 1. The maximum Gasteiger partial charge on any atom is 0.287 e. The third-order valence-corrected chi connectivity index (χ3v) is 5.19. The van der Waals surface area contributed by atoms with Crippen LogP contribution in [0.2, 0.25) is 0 Å². The number of carbonyl (C=O) groups is 2. The van der Waals surface area contributed by atoms with E-state index in [4.69, 9.17) is 9.15 Å². The molecule has 1 N–H and O–H groups in total. The average molecular weight is 384 g/mol. The van der Waals surface area contributed by atoms with Crippen molar-refractivity contribution < 1.29 is 18.7 Å². The second-order valence-corrected chi connectivity index (χ2v) is 8.08. The van der Waals surface area contributed by atoms with Gasteiger partial charge in [-0.15, -0.1) is 0 Å². The summed E-state index contributed by atoms with van der Waals surface area (Å²) in [6.07, 6.45) is 0.979. The third kappa shape index (κ3) is 4.06. The second kappa shape index (κ2) is 7.70. The first-order chi connectivity index (χ1) is 13.2. The first kappa shape index (κ1) is 20.0. The Morgan fingerprint density at radius 1 is 1.25 bits per heavy atom. The van der Waals surface area contributed by atoms with E-state index in [0.29, 0.717) is 11.5 Å². The van der Waals surface area contributed by atoms with Crippen molar-refractivity contribution in [1.29, 1.82) is 0 Å². The molecule has 0 radical (unpaired) electrons. The molecule has 0 bridgehead atoms. The van der Waals surface area contributed by atoms with Crippen molar-refractivity contribution in [3.8, 4) is 5.75 Å². The van der Waals surface area contributed by atoms with Crippen LogP contribution >= 0.6 is 0 Å². The van der Waals surface area contributed by atoms with Crippen LogP contribution in [-0.2, 0) is 16.8 Å². The van der Waals surface area contributed by atoms with E-state index in [9.17, 15) is 9.59 Å². The van der Waals surface area contributed by atoms with Gasteiger partial charge in [0.05, 0.1) is 12.2 Å². The van der Waals surface area contributed by atoms with E-state index in [2.05, 4.69) is 32.2 Å². The van der Waals surface area contributed by atoms with Gasteiger partial charge in [0.15, 0.2) is 12.4 Å². The zero-order valence-electron chi connectivity index (χ0n) is 17.2. The van der Waals surface area contributed by atoms with Gasteiger partial charge in [0.25, 0.3) is 11.8 Å². The van der Waals surface area contributed by atoms with Crippen LogP contribution in [0.15, 0.2) is 34.7 Å². The number of carbonyl (C=O) groups excluding carboxylic acids is 2. The predicted molar refractivity (Wildman–Crippen MR) is 108 cm³/mol. The molecule has 0 unspecified atom stereocenters. The van der Waals surface area contributed by atoms with Crippen molar-refractivity contribution in [2.24, 2.45) is 0 Å². The molecule has 2 amide bonds. The quantitative estimate of drug-likeness (QED) is 0.816. The van der Waals surface area contributed by atoms with E-state index in [-0.39, 0.29) is 42.2 Å². The number of amides is 2. The Balaban J connectivity index is 1.87. The average Bonchev–Trinajstić information content (AvgIpc) is 3.12. The van der Waals surface area contributed by atoms with Crippen LogP contribution in [-0.4, -0.2) is 24.5 Å². The molecule has 6 nitrogen and oxygen atoms in total. The van der Waals surface area contributed by atoms with Gasteiger partial charge in [-0.2, -0.15) is 0 Å². The summed E-state index contributed by atoms with van der Waals surface area (Å²) in [7, 11) is 0. The van der Waals surface area contributed by atoms with Crippen molar-refractivity contribution in [3.63, 3.8) is 0 Å². The summed E-state index contributed by atoms with van der Waals surface area (Å²) in [5.41, 5.74) is 1.88. The molecule has 2 aromatic rings. The molecule has 0 saturated heterocycles. The van der Waals surface area contributed by atoms with E-state index in [0.717, 1.165) is 17.7 Å². The van der Waals surface area contributed by atoms with E-state index < -0.39 is 0 Å². The van der Waals surface area contributed by atoms with E-state index >= 15 is 0 Å². The van der Waals surface area contributed by atoms with Gasteiger partial charge in [-0.25, -0.2) is 0 Å². The molecule has 1 aromatic carbocycles. The maximum absolute atomic E-state index is 12.6. The van der Waals surface area contributed by atoms with Gasteiger partial charge < -0.3 is 14.5 Å². The minimum Gasteiger partial charge on any atom is -0.482 e. The summed E-state index contributed by atoms with van der Waals surface area (Å²) in [4.78, 5) is 26.3. The number of furan rings is 1. The molecule has 28 heavy (non-hydrogen) atoms. The van der Waals surface area contributed by atoms with E-state index in [1.165, 1.54) is 0 Å². The molecular weight excluding hydrogens is 356 g/mol. The highest BCUT2D eigenvalue weighted by molar-refractivity contribution is 5.98. The van der Waals surface area contributed by atoms with Crippen LogP contribution < -0.4 is 15.0 Å². The summed E-state index contributed by atoms with van der Waals surface area (Å²) in [6.45, 7) is 10.5. The fraction of sp³-hybridized carbons (Fsp3) is 0.455. The number of benzene rings is 1. The monoisotopic (exact) mass is 384 g/mol. The van der Waals surface area contributed by atoms with Crippen LogP contribution in [0, 0.1) is 0 Å². The molecule has 0 aliphatic carbocycles. The van der Waals surface area contributed by atoms with Gasteiger partial charge >= 0.3 is 0 Å². The molecule has 6 heteroatoms. The Labute approximate surface area is 165 Å². The predicted octanol–water partition coefficient (Wildman–Crippen LogP) is 4.03. The Hall–Kier alpha value is -2.76. The smallest absolute Gasteiger partial charge is 0.287 e. The minimum absolute atomic E-state index is 0.00597. The number of ether oxygens (including phenoxy) is 1. The number of rotatable bonds is 6. The van der Waals surface area contributed by atoms with Crippen LogP contribution in [0.3, 0.4) is 0 Å². The topological polar surface area (TPSA) is 71.8 Å². The number of hydrogen-bond acceptors (Lipinski definition) is 4. The number of anilines is 1. The van der Waals surface area contributed by atoms with E-state index in [1.807, 2.05) is 26.0 Å². The summed E-state index contributed by atoms with van der Waals surface area (Å²) >= 11 is 0. The second-order valence-electron chi connectivity index (χ2n) is 8.08. The Bertz CT molecular complexity index is 882. The highest BCUT2D eigenvalue weighted by atomic mass is 16.5. The zero-order valence-corrected chi connectivity index (χ0v) is 17.2. The lowest BCUT2D eigenvalue weighted by molar-refractivity contribution is -0.121. The SMILES string of the molecule is CCC(C)(C)c1ccc2c(c1)N(Cc1ccc(C(=O)NC(C)C)o1)C(=O)CO2. The van der Waals surface area contributed by atoms with Gasteiger partial charge in [-0.05, 0) is 55.5 Å². The fourth-order valence-electron chi connectivity index (χ4n) is 3.07. The first-order valence-electron chi connectivity index (χ1n) is 9.68. The van der Waals surface area contributed by atoms with Gasteiger partial charge in [-0.3, -0.25) is 14.5 Å². The Kier molecular flexibility index (Phi) is 5.49. The molecule has 0 spiro atoms. The van der Waals surface area contributed by atoms with Gasteiger partial charge in [-0.1, -0.05) is 26.8 Å². The summed E-state index contributed by atoms with van der Waals surface area (Å²) < 4.78 is 11.3. The molecule has 150 valence electrons. The van der Waals surface area contributed by atoms with E-state index in [1.54, 1.807) is 17.0 Å². The van der Waals surface area contributed by atoms with Gasteiger partial charge in [0.1, 0.15) is 11.5 Å². The lowest BCUT2D eigenvalue weighted by Crippen LogP contribution is -2.38. The standard InChI is InChI=1S/C22H28N2O4/c1-6-22(4,5)15-7-9-18-17(11-15)24(20(25)13-27-18)12-16-8-10-19(28-16)21(26)23-14(2)3/h7-11,14H,6,12-13H2,1-5H3,(H,23,26). The number of nitrogens with zero attached hydrogens (tertiary/aromatic N) is 1. The minimum atomic E-state index is -0.262. The lowest BCUT2D eigenvalue weighted by atomic mass is 9.82. The normalized spacial score (nSPS) is 14.1. The Morgan fingerprint density at radius 2 is 2.00 bits per heavy atom. The lowest BCUT2D eigenvalue weighted by Gasteiger charge is -2.31. The summed E-state index contributed by atoms with van der Waals surface area (Å²) in [5, 5.41) is 2.80. The van der Waals surface area contributed by atoms with Crippen molar-refractivity contribution >= 4 is 17.5 Å². The largest absolute Gasteiger partial charge is 0.482 e. The molecule has 0 atom stereocenters. The molecule has 1 aromatic heterocycles. The molecule has 2 heterocycles. The first-order valence-corrected chi connectivity index (χ1v) is 9.68. The molecular formula is C22H28N2O4. The van der Waals surface area contributed by atoms with Crippen LogP contribution in [0.25, 0.3) is 0 Å². The van der Waals surface area contributed by atoms with Crippen molar-refractivity contribution in [2.75, 3.05) is 11.5 Å². The highest BCUT2D eigenvalue weighted by Crippen LogP contribution is 2.38. The van der Waals surface area contributed by atoms with Crippen molar-refractivity contribution in [2.45, 2.75) is 59.0 Å². The van der Waals surface area contributed by atoms with Crippen molar-refractivity contribution in [1.82, 2.24) is 5.32 Å². The number of hydrogen-bond donors (Lipinski definition) is 1. The molecule has 0 saturated carbocycles. The molecule has 3 rings (SSSR count). The highest BCUT2D eigenvalue weighted by Gasteiger charge is 2.29. The van der Waals surface area contributed by atoms with Crippen molar-refractivity contribution in [3.05, 3.63) is 47.4 Å². The molecule has 0 fully saturated rings. The third-order valence-electron chi connectivity index (χ3n) is 5.19. The van der Waals surface area contributed by atoms with Gasteiger partial charge in [0.2, 0.25) is 0 Å². The summed E-state index contributed by atoms with van der Waals surface area (Å²) in [6, 6.07) is 9.38. The van der Waals surface area contributed by atoms with Gasteiger partial charge in [0, 0.05) is 6.04 Å². The number of nitrogens with one attached hydrogen (secondary N) is 1. The fourth-order valence-corrected chi connectivity index (χ4v) is 3.07. The Morgan fingerprint density at radius 3 is 2.68 bits per heavy atom. The maximum atomic E-state index is 12.6.